The highest BCUT2D eigenvalue weighted by molar-refractivity contribution is 5.86. The number of carbonyl (C=O) groups is 1. The van der Waals surface area contributed by atoms with Gasteiger partial charge >= 0.3 is 5.97 Å². The second kappa shape index (κ2) is 3.94. The fraction of sp³-hybridized carbons (Fsp3) is 0.364. The molecule has 2 aromatic heterocycles. The van der Waals surface area contributed by atoms with E-state index in [1.54, 1.807) is 17.0 Å². The molecule has 7 heteroatoms. The molecule has 6 nitrogen and oxygen atoms in total. The van der Waals surface area contributed by atoms with E-state index in [2.05, 4.69) is 10.1 Å². The molecule has 0 aliphatic carbocycles. The number of aromatic nitrogens is 3. The van der Waals surface area contributed by atoms with Crippen molar-refractivity contribution in [3.8, 4) is 0 Å². The van der Waals surface area contributed by atoms with Crippen LogP contribution in [-0.4, -0.2) is 44.9 Å². The van der Waals surface area contributed by atoms with Crippen LogP contribution in [0.2, 0.25) is 0 Å². The standard InChI is InChI=1S/C11H11FN4O2/c12-7-3-4-15(6-7)10-2-1-9-13-5-8(11(17)18)16(9)14-10/h1-2,5,7H,3-4,6H2,(H,17,18)/t7-/m0/s1. The Hall–Kier alpha value is -2.18. The molecule has 1 aliphatic rings. The van der Waals surface area contributed by atoms with Crippen LogP contribution in [0.3, 0.4) is 0 Å². The van der Waals surface area contributed by atoms with Gasteiger partial charge in [-0.2, -0.15) is 0 Å². The maximum Gasteiger partial charge on any atom is 0.356 e. The largest absolute Gasteiger partial charge is 0.476 e. The molecule has 0 unspecified atom stereocenters. The average Bonchev–Trinajstić information content (AvgIpc) is 2.93. The van der Waals surface area contributed by atoms with Crippen LogP contribution in [0.1, 0.15) is 16.9 Å². The number of hydrogen-bond donors (Lipinski definition) is 1. The molecule has 3 rings (SSSR count). The van der Waals surface area contributed by atoms with Gasteiger partial charge in [0, 0.05) is 6.54 Å². The molecule has 94 valence electrons. The normalized spacial score (nSPS) is 19.6. The summed E-state index contributed by atoms with van der Waals surface area (Å²) in [6, 6.07) is 3.41. The van der Waals surface area contributed by atoms with Crippen molar-refractivity contribution in [2.45, 2.75) is 12.6 Å². The van der Waals surface area contributed by atoms with Crippen molar-refractivity contribution in [1.29, 1.82) is 0 Å². The minimum Gasteiger partial charge on any atom is -0.476 e. The number of anilines is 1. The van der Waals surface area contributed by atoms with E-state index in [1.807, 2.05) is 0 Å². The zero-order chi connectivity index (χ0) is 12.7. The molecule has 0 aromatic carbocycles. The lowest BCUT2D eigenvalue weighted by atomic mass is 10.3. The predicted molar refractivity (Wildman–Crippen MR) is 61.7 cm³/mol. The van der Waals surface area contributed by atoms with Crippen molar-refractivity contribution in [2.75, 3.05) is 18.0 Å². The van der Waals surface area contributed by atoms with E-state index in [9.17, 15) is 9.18 Å². The van der Waals surface area contributed by atoms with E-state index >= 15 is 0 Å². The number of hydrogen-bond acceptors (Lipinski definition) is 4. The summed E-state index contributed by atoms with van der Waals surface area (Å²) in [5.74, 6) is -0.514. The Kier molecular flexibility index (Phi) is 2.39. The smallest absolute Gasteiger partial charge is 0.356 e. The van der Waals surface area contributed by atoms with Crippen LogP contribution in [0.15, 0.2) is 18.3 Å². The number of fused-ring (bicyclic) bond motifs is 1. The highest BCUT2D eigenvalue weighted by Crippen LogP contribution is 2.20. The number of rotatable bonds is 2. The van der Waals surface area contributed by atoms with Gasteiger partial charge in [0.1, 0.15) is 12.0 Å². The Morgan fingerprint density at radius 1 is 1.50 bits per heavy atom. The number of imidazole rings is 1. The molecule has 0 spiro atoms. The molecule has 1 fully saturated rings. The van der Waals surface area contributed by atoms with Crippen LogP contribution in [0.25, 0.3) is 5.65 Å². The summed E-state index contributed by atoms with van der Waals surface area (Å²) in [4.78, 5) is 16.7. The summed E-state index contributed by atoms with van der Waals surface area (Å²) >= 11 is 0. The first-order valence-electron chi connectivity index (χ1n) is 5.62. The van der Waals surface area contributed by atoms with Gasteiger partial charge in [-0.15, -0.1) is 5.10 Å². The quantitative estimate of drug-likeness (QED) is 0.860. The number of carboxylic acid groups (broad SMARTS) is 1. The fourth-order valence-electron chi connectivity index (χ4n) is 2.10. The third-order valence-electron chi connectivity index (χ3n) is 3.02. The summed E-state index contributed by atoms with van der Waals surface area (Å²) in [6.07, 6.45) is 0.899. The maximum atomic E-state index is 13.1. The molecule has 3 heterocycles. The summed E-state index contributed by atoms with van der Waals surface area (Å²) in [6.45, 7) is 0.895. The molecule has 1 saturated heterocycles. The van der Waals surface area contributed by atoms with Crippen molar-refractivity contribution >= 4 is 17.4 Å². The Bertz CT molecular complexity index is 612. The first-order chi connectivity index (χ1) is 8.65. The topological polar surface area (TPSA) is 70.7 Å². The second-order valence-corrected chi connectivity index (χ2v) is 4.24. The van der Waals surface area contributed by atoms with Gasteiger partial charge in [-0.25, -0.2) is 18.7 Å². The van der Waals surface area contributed by atoms with Gasteiger partial charge in [-0.05, 0) is 18.6 Å². The van der Waals surface area contributed by atoms with Gasteiger partial charge in [-0.1, -0.05) is 0 Å². The summed E-state index contributed by atoms with van der Waals surface area (Å²) in [7, 11) is 0. The molecular weight excluding hydrogens is 239 g/mol. The molecule has 18 heavy (non-hydrogen) atoms. The molecule has 0 amide bonds. The molecule has 1 aliphatic heterocycles. The van der Waals surface area contributed by atoms with Gasteiger partial charge in [0.15, 0.2) is 11.3 Å². The summed E-state index contributed by atoms with van der Waals surface area (Å²) in [5, 5.41) is 13.2. The highest BCUT2D eigenvalue weighted by atomic mass is 19.1. The lowest BCUT2D eigenvalue weighted by Gasteiger charge is -2.15. The van der Waals surface area contributed by atoms with E-state index in [4.69, 9.17) is 5.11 Å². The molecule has 1 N–H and O–H groups in total. The van der Waals surface area contributed by atoms with Crippen molar-refractivity contribution in [1.82, 2.24) is 14.6 Å². The molecular formula is C11H11FN4O2. The number of aromatic carboxylic acids is 1. The highest BCUT2D eigenvalue weighted by Gasteiger charge is 2.23. The minimum absolute atomic E-state index is 0.00263. The lowest BCUT2D eigenvalue weighted by molar-refractivity contribution is 0.0688. The van der Waals surface area contributed by atoms with Gasteiger partial charge in [-0.3, -0.25) is 0 Å². The lowest BCUT2D eigenvalue weighted by Crippen LogP contribution is -2.22. The van der Waals surface area contributed by atoms with Crippen LogP contribution in [-0.2, 0) is 0 Å². The number of carboxylic acids is 1. The van der Waals surface area contributed by atoms with E-state index in [1.165, 1.54) is 10.7 Å². The zero-order valence-corrected chi connectivity index (χ0v) is 9.45. The minimum atomic E-state index is -1.09. The summed E-state index contributed by atoms with van der Waals surface area (Å²) < 4.78 is 14.4. The number of nitrogens with zero attached hydrogens (tertiary/aromatic N) is 4. The van der Waals surface area contributed by atoms with Crippen molar-refractivity contribution in [2.24, 2.45) is 0 Å². The van der Waals surface area contributed by atoms with Gasteiger partial charge in [0.25, 0.3) is 0 Å². The van der Waals surface area contributed by atoms with Crippen LogP contribution < -0.4 is 4.90 Å². The molecule has 2 aromatic rings. The van der Waals surface area contributed by atoms with Crippen molar-refractivity contribution in [3.05, 3.63) is 24.0 Å². The second-order valence-electron chi connectivity index (χ2n) is 4.24. The molecule has 0 saturated carbocycles. The van der Waals surface area contributed by atoms with Gasteiger partial charge < -0.3 is 10.0 Å². The monoisotopic (exact) mass is 250 g/mol. The van der Waals surface area contributed by atoms with Crippen molar-refractivity contribution in [3.63, 3.8) is 0 Å². The third-order valence-corrected chi connectivity index (χ3v) is 3.02. The van der Waals surface area contributed by atoms with Crippen LogP contribution in [0.4, 0.5) is 10.2 Å². The number of alkyl halides is 1. The van der Waals surface area contributed by atoms with Crippen LogP contribution in [0, 0.1) is 0 Å². The van der Waals surface area contributed by atoms with E-state index in [0.29, 0.717) is 31.0 Å². The molecule has 0 radical (unpaired) electrons. The van der Waals surface area contributed by atoms with Crippen molar-refractivity contribution < 1.29 is 14.3 Å². The summed E-state index contributed by atoms with van der Waals surface area (Å²) in [5.41, 5.74) is 0.468. The van der Waals surface area contributed by atoms with E-state index in [0.717, 1.165) is 0 Å². The first kappa shape index (κ1) is 10.9. The van der Waals surface area contributed by atoms with E-state index < -0.39 is 12.1 Å². The third kappa shape index (κ3) is 1.68. The Morgan fingerprint density at radius 3 is 3.00 bits per heavy atom. The predicted octanol–water partition coefficient (Wildman–Crippen LogP) is 0.976. The molecule has 1 atom stereocenters. The SMILES string of the molecule is O=C(O)c1cnc2ccc(N3CC[C@H](F)C3)nn12. The van der Waals surface area contributed by atoms with Crippen LogP contribution >= 0.6 is 0 Å². The zero-order valence-electron chi connectivity index (χ0n) is 9.45. The maximum absolute atomic E-state index is 13.1. The Morgan fingerprint density at radius 2 is 2.33 bits per heavy atom. The number of halogens is 1. The van der Waals surface area contributed by atoms with E-state index in [-0.39, 0.29) is 5.69 Å². The average molecular weight is 250 g/mol. The fourth-order valence-corrected chi connectivity index (χ4v) is 2.10. The van der Waals surface area contributed by atoms with Gasteiger partial charge in [0.05, 0.1) is 12.7 Å². The van der Waals surface area contributed by atoms with Gasteiger partial charge in [0.2, 0.25) is 0 Å². The Balaban J connectivity index is 2.04. The van der Waals surface area contributed by atoms with Crippen LogP contribution in [0.5, 0.6) is 0 Å². The first-order valence-corrected chi connectivity index (χ1v) is 5.62. The molecule has 0 bridgehead atoms. The Labute approximate surface area is 102 Å².